The molecule has 0 aliphatic heterocycles. The Morgan fingerprint density at radius 2 is 1.44 bits per heavy atom. The van der Waals surface area contributed by atoms with Gasteiger partial charge in [-0.3, -0.25) is 13.9 Å². The van der Waals surface area contributed by atoms with Gasteiger partial charge in [0.1, 0.15) is 12.6 Å². The number of benzene rings is 4. The van der Waals surface area contributed by atoms with Crippen molar-refractivity contribution in [3.05, 3.63) is 129 Å². The van der Waals surface area contributed by atoms with E-state index in [1.165, 1.54) is 35.2 Å². The zero-order valence-electron chi connectivity index (χ0n) is 24.7. The van der Waals surface area contributed by atoms with Crippen LogP contribution >= 0.6 is 34.8 Å². The Labute approximate surface area is 279 Å². The molecule has 236 valence electrons. The van der Waals surface area contributed by atoms with Crippen LogP contribution in [0.4, 0.5) is 5.69 Å². The largest absolute Gasteiger partial charge is 0.354 e. The lowest BCUT2D eigenvalue weighted by atomic mass is 10.0. The second kappa shape index (κ2) is 16.1. The lowest BCUT2D eigenvalue weighted by Crippen LogP contribution is -2.53. The zero-order chi connectivity index (χ0) is 32.4. The average Bonchev–Trinajstić information content (AvgIpc) is 3.03. The summed E-state index contributed by atoms with van der Waals surface area (Å²) in [5.74, 6) is -0.947. The van der Waals surface area contributed by atoms with Crippen LogP contribution in [-0.4, -0.2) is 44.3 Å². The van der Waals surface area contributed by atoms with E-state index in [2.05, 4.69) is 5.32 Å². The Morgan fingerprint density at radius 3 is 2.09 bits per heavy atom. The molecule has 4 aromatic rings. The number of rotatable bonds is 14. The smallest absolute Gasteiger partial charge is 0.264 e. The number of unbranched alkanes of at least 4 members (excludes halogenated alkanes) is 1. The molecule has 0 bridgehead atoms. The second-order valence-electron chi connectivity index (χ2n) is 10.4. The van der Waals surface area contributed by atoms with Crippen LogP contribution in [0, 0.1) is 0 Å². The lowest BCUT2D eigenvalue weighted by molar-refractivity contribution is -0.140. The monoisotopic (exact) mass is 685 g/mol. The summed E-state index contributed by atoms with van der Waals surface area (Å²) in [7, 11) is -4.28. The number of halogens is 3. The SMILES string of the molecule is CCCCNC(=O)C(Cc1ccccc1)N(Cc1cccc(Cl)c1)C(=O)CN(c1ccc(Cl)cc1Cl)S(=O)(=O)c1ccccc1. The van der Waals surface area contributed by atoms with Crippen molar-refractivity contribution >= 4 is 62.3 Å². The van der Waals surface area contributed by atoms with Gasteiger partial charge in [-0.1, -0.05) is 109 Å². The number of carbonyl (C=O) groups excluding carboxylic acids is 2. The van der Waals surface area contributed by atoms with Crippen molar-refractivity contribution in [3.8, 4) is 0 Å². The zero-order valence-corrected chi connectivity index (χ0v) is 27.8. The van der Waals surface area contributed by atoms with E-state index in [-0.39, 0.29) is 34.5 Å². The minimum Gasteiger partial charge on any atom is -0.354 e. The topological polar surface area (TPSA) is 86.8 Å². The highest BCUT2D eigenvalue weighted by Gasteiger charge is 2.35. The molecular weight excluding hydrogens is 653 g/mol. The van der Waals surface area contributed by atoms with Gasteiger partial charge in [0.15, 0.2) is 0 Å². The van der Waals surface area contributed by atoms with E-state index < -0.39 is 28.5 Å². The minimum atomic E-state index is -4.28. The van der Waals surface area contributed by atoms with E-state index in [9.17, 15) is 18.0 Å². The Kier molecular flexibility index (Phi) is 12.3. The lowest BCUT2D eigenvalue weighted by Gasteiger charge is -2.34. The van der Waals surface area contributed by atoms with E-state index in [0.29, 0.717) is 22.2 Å². The number of nitrogens with one attached hydrogen (secondary N) is 1. The van der Waals surface area contributed by atoms with Crippen LogP contribution in [0.5, 0.6) is 0 Å². The number of amides is 2. The van der Waals surface area contributed by atoms with Crippen molar-refractivity contribution in [2.75, 3.05) is 17.4 Å². The quantitative estimate of drug-likeness (QED) is 0.140. The van der Waals surface area contributed by atoms with Crippen LogP contribution in [-0.2, 0) is 32.6 Å². The molecule has 0 saturated heterocycles. The molecule has 2 amide bonds. The molecule has 7 nitrogen and oxygen atoms in total. The predicted molar refractivity (Wildman–Crippen MR) is 181 cm³/mol. The van der Waals surface area contributed by atoms with Gasteiger partial charge in [0, 0.05) is 29.6 Å². The molecule has 0 aliphatic carbocycles. The van der Waals surface area contributed by atoms with Gasteiger partial charge in [0.2, 0.25) is 11.8 Å². The van der Waals surface area contributed by atoms with Gasteiger partial charge in [-0.05, 0) is 60.0 Å². The third-order valence-corrected chi connectivity index (χ3v) is 9.68. The van der Waals surface area contributed by atoms with E-state index in [1.54, 1.807) is 42.5 Å². The van der Waals surface area contributed by atoms with E-state index >= 15 is 0 Å². The Bertz CT molecular complexity index is 1710. The molecule has 0 aliphatic rings. The third kappa shape index (κ3) is 9.23. The summed E-state index contributed by atoms with van der Waals surface area (Å²) in [5, 5.41) is 3.79. The van der Waals surface area contributed by atoms with E-state index in [0.717, 1.165) is 22.7 Å². The molecule has 0 aromatic heterocycles. The number of nitrogens with zero attached hydrogens (tertiary/aromatic N) is 2. The molecule has 11 heteroatoms. The average molecular weight is 687 g/mol. The first-order valence-electron chi connectivity index (χ1n) is 14.5. The first-order chi connectivity index (χ1) is 21.6. The first-order valence-corrected chi connectivity index (χ1v) is 17.1. The van der Waals surface area contributed by atoms with Crippen LogP contribution in [0.3, 0.4) is 0 Å². The maximum Gasteiger partial charge on any atom is 0.264 e. The molecule has 0 heterocycles. The fourth-order valence-corrected chi connectivity index (χ4v) is 7.04. The molecule has 0 saturated carbocycles. The number of sulfonamides is 1. The van der Waals surface area contributed by atoms with Gasteiger partial charge < -0.3 is 10.2 Å². The van der Waals surface area contributed by atoms with Gasteiger partial charge >= 0.3 is 0 Å². The Hall–Kier alpha value is -3.56. The van der Waals surface area contributed by atoms with Crippen molar-refractivity contribution in [2.24, 2.45) is 0 Å². The Balaban J connectivity index is 1.81. The Morgan fingerprint density at radius 1 is 0.800 bits per heavy atom. The fourth-order valence-electron chi connectivity index (χ4n) is 4.81. The van der Waals surface area contributed by atoms with Crippen LogP contribution in [0.2, 0.25) is 15.1 Å². The molecule has 1 atom stereocenters. The first kappa shape index (κ1) is 34.3. The minimum absolute atomic E-state index is 0.00562. The van der Waals surface area contributed by atoms with Crippen LogP contribution < -0.4 is 9.62 Å². The van der Waals surface area contributed by atoms with E-state index in [1.807, 2.05) is 37.3 Å². The summed E-state index contributed by atoms with van der Waals surface area (Å²) in [6.07, 6.45) is 1.85. The van der Waals surface area contributed by atoms with Gasteiger partial charge in [-0.2, -0.15) is 0 Å². The summed E-state index contributed by atoms with van der Waals surface area (Å²) < 4.78 is 29.1. The van der Waals surface area contributed by atoms with Gasteiger partial charge in [0.25, 0.3) is 10.0 Å². The highest BCUT2D eigenvalue weighted by atomic mass is 35.5. The third-order valence-electron chi connectivity index (χ3n) is 7.13. The highest BCUT2D eigenvalue weighted by molar-refractivity contribution is 7.92. The van der Waals surface area contributed by atoms with Crippen LogP contribution in [0.15, 0.2) is 108 Å². The fraction of sp³-hybridized carbons (Fsp3) is 0.235. The molecule has 4 aromatic carbocycles. The molecule has 1 unspecified atom stereocenters. The van der Waals surface area contributed by atoms with Gasteiger partial charge in [-0.15, -0.1) is 0 Å². The molecule has 0 spiro atoms. The predicted octanol–water partition coefficient (Wildman–Crippen LogP) is 7.40. The molecular formula is C34H34Cl3N3O4S. The normalized spacial score (nSPS) is 11.9. The number of carbonyl (C=O) groups is 2. The molecule has 1 N–H and O–H groups in total. The second-order valence-corrected chi connectivity index (χ2v) is 13.6. The summed E-state index contributed by atoms with van der Waals surface area (Å²) in [4.78, 5) is 29.7. The number of hydrogen-bond acceptors (Lipinski definition) is 4. The number of hydrogen-bond donors (Lipinski definition) is 1. The molecule has 45 heavy (non-hydrogen) atoms. The maximum absolute atomic E-state index is 14.5. The summed E-state index contributed by atoms with van der Waals surface area (Å²) >= 11 is 19.0. The molecule has 0 radical (unpaired) electrons. The van der Waals surface area contributed by atoms with Gasteiger partial charge in [-0.25, -0.2) is 8.42 Å². The van der Waals surface area contributed by atoms with Crippen LogP contribution in [0.25, 0.3) is 0 Å². The number of anilines is 1. The molecule has 0 fully saturated rings. The van der Waals surface area contributed by atoms with E-state index in [4.69, 9.17) is 34.8 Å². The summed E-state index contributed by atoms with van der Waals surface area (Å²) in [5.41, 5.74) is 1.59. The summed E-state index contributed by atoms with van der Waals surface area (Å²) in [6, 6.07) is 27.5. The van der Waals surface area contributed by atoms with Crippen molar-refractivity contribution in [2.45, 2.75) is 43.7 Å². The van der Waals surface area contributed by atoms with Crippen molar-refractivity contribution < 1.29 is 18.0 Å². The maximum atomic E-state index is 14.5. The molecule has 4 rings (SSSR count). The van der Waals surface area contributed by atoms with Crippen molar-refractivity contribution in [3.63, 3.8) is 0 Å². The standard InChI is InChI=1S/C34H34Cl3N3O4S/c1-2-3-19-38-34(42)32(21-25-11-6-4-7-12-25)39(23-26-13-10-14-27(35)20-26)33(41)24-40(31-18-17-28(36)22-30(31)37)45(43,44)29-15-8-5-9-16-29/h4-18,20,22,32H,2-3,19,21,23-24H2,1H3,(H,38,42). The van der Waals surface area contributed by atoms with Crippen molar-refractivity contribution in [1.82, 2.24) is 10.2 Å². The highest BCUT2D eigenvalue weighted by Crippen LogP contribution is 2.33. The van der Waals surface area contributed by atoms with Gasteiger partial charge in [0.05, 0.1) is 15.6 Å². The van der Waals surface area contributed by atoms with Crippen LogP contribution in [0.1, 0.15) is 30.9 Å². The summed E-state index contributed by atoms with van der Waals surface area (Å²) in [6.45, 7) is 1.83. The van der Waals surface area contributed by atoms with Crippen molar-refractivity contribution in [1.29, 1.82) is 0 Å².